The summed E-state index contributed by atoms with van der Waals surface area (Å²) >= 11 is 0. The summed E-state index contributed by atoms with van der Waals surface area (Å²) in [6, 6.07) is 4.13. The number of aromatic amines is 1. The number of hydrogen-bond donors (Lipinski definition) is 2. The molecule has 0 aliphatic carbocycles. The van der Waals surface area contributed by atoms with E-state index < -0.39 is 21.2 Å². The van der Waals surface area contributed by atoms with Gasteiger partial charge in [0.15, 0.2) is 5.69 Å². The first-order valence-electron chi connectivity index (χ1n) is 5.98. The van der Waals surface area contributed by atoms with Crippen molar-refractivity contribution in [3.63, 3.8) is 0 Å². The van der Waals surface area contributed by atoms with E-state index in [2.05, 4.69) is 25.9 Å². The van der Waals surface area contributed by atoms with E-state index in [4.69, 9.17) is 5.26 Å². The number of aryl methyl sites for hydroxylation is 1. The molecule has 0 saturated heterocycles. The van der Waals surface area contributed by atoms with Gasteiger partial charge in [-0.05, 0) is 17.7 Å². The maximum atomic E-state index is 11.1. The van der Waals surface area contributed by atoms with Crippen molar-refractivity contribution in [3.05, 3.63) is 49.9 Å². The van der Waals surface area contributed by atoms with Crippen LogP contribution in [0.1, 0.15) is 11.4 Å². The molecule has 0 unspecified atom stereocenters. The van der Waals surface area contributed by atoms with E-state index >= 15 is 0 Å². The lowest BCUT2D eigenvalue weighted by molar-refractivity contribution is -0.392. The Kier molecular flexibility index (Phi) is 4.22. The topological polar surface area (TPSA) is 177 Å². The molecule has 1 aromatic carbocycles. The second kappa shape index (κ2) is 6.26. The molecule has 0 amide bonds. The fourth-order valence-corrected chi connectivity index (χ4v) is 1.75. The van der Waals surface area contributed by atoms with Crippen LogP contribution in [0.5, 0.6) is 0 Å². The molecular formula is C11H8N8O4. The molecule has 2 rings (SSSR count). The average Bonchev–Trinajstić information content (AvgIpc) is 3.02. The summed E-state index contributed by atoms with van der Waals surface area (Å²) in [4.78, 5) is 20.7. The van der Waals surface area contributed by atoms with Crippen molar-refractivity contribution in [2.24, 2.45) is 0 Å². The van der Waals surface area contributed by atoms with E-state index in [1.807, 2.05) is 0 Å². The Bertz CT molecular complexity index is 801. The van der Waals surface area contributed by atoms with Crippen LogP contribution in [-0.4, -0.2) is 30.5 Å². The van der Waals surface area contributed by atoms with Gasteiger partial charge in [-0.1, -0.05) is 0 Å². The highest BCUT2D eigenvalue weighted by Crippen LogP contribution is 2.35. The number of aromatic nitrogens is 4. The molecule has 0 aliphatic rings. The number of benzene rings is 1. The van der Waals surface area contributed by atoms with Crippen molar-refractivity contribution >= 4 is 22.6 Å². The first-order valence-corrected chi connectivity index (χ1v) is 5.98. The van der Waals surface area contributed by atoms with E-state index in [0.717, 1.165) is 6.20 Å². The molecule has 0 saturated carbocycles. The number of nitro groups is 2. The van der Waals surface area contributed by atoms with Crippen LogP contribution in [-0.2, 0) is 0 Å². The standard InChI is InChI=1S/C11H8N8O4/c1-6-2-8(18(20)21)10(9(3-6)19(22)23)13-5-7(4-12)11-14-16-17-15-11/h2-3,5,13H,1H3,(H,14,15,16,17). The minimum atomic E-state index is -0.753. The fourth-order valence-electron chi connectivity index (χ4n) is 1.75. The first-order chi connectivity index (χ1) is 10.9. The number of H-pyrrole nitrogens is 1. The lowest BCUT2D eigenvalue weighted by Gasteiger charge is -2.05. The highest BCUT2D eigenvalue weighted by Gasteiger charge is 2.25. The summed E-state index contributed by atoms with van der Waals surface area (Å²) in [5, 5.41) is 46.3. The predicted molar refractivity (Wildman–Crippen MR) is 75.9 cm³/mol. The smallest absolute Gasteiger partial charge is 0.300 e. The van der Waals surface area contributed by atoms with Crippen molar-refractivity contribution in [1.29, 1.82) is 5.26 Å². The van der Waals surface area contributed by atoms with E-state index in [9.17, 15) is 20.2 Å². The van der Waals surface area contributed by atoms with Crippen LogP contribution in [0.2, 0.25) is 0 Å². The molecular weight excluding hydrogens is 308 g/mol. The summed E-state index contributed by atoms with van der Waals surface area (Å²) in [5.41, 5.74) is -1.07. The molecule has 116 valence electrons. The normalized spacial score (nSPS) is 10.9. The van der Waals surface area contributed by atoms with Crippen molar-refractivity contribution in [2.75, 3.05) is 5.32 Å². The van der Waals surface area contributed by atoms with Crippen molar-refractivity contribution in [3.8, 4) is 6.07 Å². The molecule has 2 N–H and O–H groups in total. The molecule has 0 spiro atoms. The molecule has 0 bridgehead atoms. The molecule has 2 aromatic rings. The lowest BCUT2D eigenvalue weighted by Crippen LogP contribution is -2.02. The van der Waals surface area contributed by atoms with Gasteiger partial charge in [0.2, 0.25) is 5.82 Å². The van der Waals surface area contributed by atoms with Gasteiger partial charge in [0, 0.05) is 18.3 Å². The first kappa shape index (κ1) is 15.5. The van der Waals surface area contributed by atoms with Crippen LogP contribution in [0, 0.1) is 38.5 Å². The third-order valence-electron chi connectivity index (χ3n) is 2.70. The van der Waals surface area contributed by atoms with Gasteiger partial charge >= 0.3 is 0 Å². The zero-order valence-corrected chi connectivity index (χ0v) is 11.5. The highest BCUT2D eigenvalue weighted by atomic mass is 16.6. The summed E-state index contributed by atoms with van der Waals surface area (Å²) in [7, 11) is 0. The highest BCUT2D eigenvalue weighted by molar-refractivity contribution is 5.80. The van der Waals surface area contributed by atoms with Crippen LogP contribution >= 0.6 is 0 Å². The fraction of sp³-hybridized carbons (Fsp3) is 0.0909. The quantitative estimate of drug-likeness (QED) is 0.467. The number of nitriles is 1. The minimum absolute atomic E-state index is 0.0579. The number of nitro benzene ring substituents is 2. The predicted octanol–water partition coefficient (Wildman–Crippen LogP) is 1.30. The lowest BCUT2D eigenvalue weighted by atomic mass is 10.1. The molecule has 0 radical (unpaired) electrons. The Balaban J connectivity index is 2.52. The van der Waals surface area contributed by atoms with Crippen LogP contribution in [0.25, 0.3) is 5.57 Å². The summed E-state index contributed by atoms with van der Waals surface area (Å²) in [6.45, 7) is 1.50. The zero-order chi connectivity index (χ0) is 17.0. The second-order valence-corrected chi connectivity index (χ2v) is 4.24. The summed E-state index contributed by atoms with van der Waals surface area (Å²) in [5.74, 6) is -0.0579. The number of tetrazole rings is 1. The molecule has 23 heavy (non-hydrogen) atoms. The van der Waals surface area contributed by atoms with Gasteiger partial charge in [-0.25, -0.2) is 0 Å². The van der Waals surface area contributed by atoms with E-state index in [1.165, 1.54) is 19.1 Å². The average molecular weight is 316 g/mol. The molecule has 12 heteroatoms. The van der Waals surface area contributed by atoms with E-state index in [1.54, 1.807) is 6.07 Å². The van der Waals surface area contributed by atoms with Crippen molar-refractivity contribution in [1.82, 2.24) is 20.6 Å². The molecule has 1 aromatic heterocycles. The Morgan fingerprint density at radius 3 is 2.39 bits per heavy atom. The SMILES string of the molecule is Cc1cc([N+](=O)[O-])c(NC=C(C#N)c2nn[nH]n2)c([N+](=O)[O-])c1. The van der Waals surface area contributed by atoms with E-state index in [-0.39, 0.29) is 17.1 Å². The number of hydrogen-bond acceptors (Lipinski definition) is 9. The summed E-state index contributed by atoms with van der Waals surface area (Å²) in [6.07, 6.45) is 1.04. The van der Waals surface area contributed by atoms with Crippen LogP contribution < -0.4 is 5.32 Å². The van der Waals surface area contributed by atoms with Gasteiger partial charge in [-0.3, -0.25) is 20.2 Å². The monoisotopic (exact) mass is 316 g/mol. The van der Waals surface area contributed by atoms with Gasteiger partial charge in [-0.2, -0.15) is 10.5 Å². The number of nitrogens with zero attached hydrogens (tertiary/aromatic N) is 6. The molecule has 0 fully saturated rings. The minimum Gasteiger partial charge on any atom is -0.349 e. The summed E-state index contributed by atoms with van der Waals surface area (Å²) < 4.78 is 0. The molecule has 12 nitrogen and oxygen atoms in total. The maximum Gasteiger partial charge on any atom is 0.300 e. The number of allylic oxidation sites excluding steroid dienone is 1. The van der Waals surface area contributed by atoms with Crippen molar-refractivity contribution < 1.29 is 9.85 Å². The Hall–Kier alpha value is -3.88. The van der Waals surface area contributed by atoms with Crippen LogP contribution in [0.3, 0.4) is 0 Å². The third kappa shape index (κ3) is 3.24. The number of rotatable bonds is 5. The van der Waals surface area contributed by atoms with Crippen LogP contribution in [0.4, 0.5) is 17.1 Å². The maximum absolute atomic E-state index is 11.1. The number of anilines is 1. The van der Waals surface area contributed by atoms with Gasteiger partial charge in [0.1, 0.15) is 11.6 Å². The van der Waals surface area contributed by atoms with Gasteiger partial charge < -0.3 is 5.32 Å². The van der Waals surface area contributed by atoms with Crippen molar-refractivity contribution in [2.45, 2.75) is 6.92 Å². The van der Waals surface area contributed by atoms with Gasteiger partial charge in [0.05, 0.1) is 9.85 Å². The largest absolute Gasteiger partial charge is 0.349 e. The Morgan fingerprint density at radius 2 is 1.96 bits per heavy atom. The Labute approximate surface area is 127 Å². The number of nitrogens with one attached hydrogen (secondary N) is 2. The molecule has 0 aliphatic heterocycles. The molecule has 1 heterocycles. The molecule has 0 atom stereocenters. The van der Waals surface area contributed by atoms with Gasteiger partial charge in [0.25, 0.3) is 11.4 Å². The second-order valence-electron chi connectivity index (χ2n) is 4.24. The van der Waals surface area contributed by atoms with Gasteiger partial charge in [-0.15, -0.1) is 10.2 Å². The Morgan fingerprint density at radius 1 is 1.35 bits per heavy atom. The third-order valence-corrected chi connectivity index (χ3v) is 2.70. The van der Waals surface area contributed by atoms with Crippen LogP contribution in [0.15, 0.2) is 18.3 Å². The van der Waals surface area contributed by atoms with E-state index in [0.29, 0.717) is 5.56 Å². The zero-order valence-electron chi connectivity index (χ0n) is 11.5.